The Morgan fingerprint density at radius 3 is 2.48 bits per heavy atom. The number of carbonyl (C=O) groups excluding carboxylic acids is 1. The van der Waals surface area contributed by atoms with Crippen LogP contribution in [0.5, 0.6) is 0 Å². The van der Waals surface area contributed by atoms with Gasteiger partial charge >= 0.3 is 5.97 Å². The number of benzene rings is 2. The zero-order chi connectivity index (χ0) is 15.2. The van der Waals surface area contributed by atoms with E-state index in [9.17, 15) is 4.79 Å². The molecule has 0 radical (unpaired) electrons. The highest BCUT2D eigenvalue weighted by Crippen LogP contribution is 2.28. The van der Waals surface area contributed by atoms with Crippen molar-refractivity contribution in [2.24, 2.45) is 0 Å². The van der Waals surface area contributed by atoms with Crippen LogP contribution in [-0.4, -0.2) is 13.1 Å². The van der Waals surface area contributed by atoms with Gasteiger partial charge in [0.15, 0.2) is 0 Å². The Bertz CT molecular complexity index is 602. The van der Waals surface area contributed by atoms with Crippen LogP contribution < -0.4 is 0 Å². The number of esters is 1. The Balaban J connectivity index is 2.45. The lowest BCUT2D eigenvalue weighted by atomic mass is 9.87. The van der Waals surface area contributed by atoms with Gasteiger partial charge in [-0.25, -0.2) is 4.79 Å². The molecule has 0 N–H and O–H groups in total. The van der Waals surface area contributed by atoms with Gasteiger partial charge in [0.1, 0.15) is 0 Å². The predicted octanol–water partition coefficient (Wildman–Crippen LogP) is 4.58. The van der Waals surface area contributed by atoms with E-state index in [2.05, 4.69) is 44.2 Å². The number of hydrogen-bond donors (Lipinski definition) is 0. The topological polar surface area (TPSA) is 26.3 Å². The molecule has 1 atom stereocenters. The van der Waals surface area contributed by atoms with Crippen LogP contribution in [0.4, 0.5) is 0 Å². The first-order valence-corrected chi connectivity index (χ1v) is 7.43. The molecule has 0 saturated heterocycles. The molecule has 0 aliphatic heterocycles. The smallest absolute Gasteiger partial charge is 0.337 e. The Kier molecular flexibility index (Phi) is 5.15. The third-order valence-corrected chi connectivity index (χ3v) is 3.85. The lowest BCUT2D eigenvalue weighted by molar-refractivity contribution is 0.0600. The molecule has 110 valence electrons. The van der Waals surface area contributed by atoms with Gasteiger partial charge in [-0.3, -0.25) is 0 Å². The van der Waals surface area contributed by atoms with Gasteiger partial charge in [-0.15, -0.1) is 0 Å². The minimum absolute atomic E-state index is 0.261. The largest absolute Gasteiger partial charge is 0.465 e. The van der Waals surface area contributed by atoms with Crippen molar-refractivity contribution in [3.8, 4) is 0 Å². The van der Waals surface area contributed by atoms with Gasteiger partial charge in [0.2, 0.25) is 0 Å². The maximum atomic E-state index is 11.8. The quantitative estimate of drug-likeness (QED) is 0.750. The zero-order valence-electron chi connectivity index (χ0n) is 12.9. The van der Waals surface area contributed by atoms with E-state index in [0.717, 1.165) is 12.8 Å². The van der Waals surface area contributed by atoms with Crippen LogP contribution in [0.1, 0.15) is 53.2 Å². The fraction of sp³-hybridized carbons (Fsp3) is 0.316. The molecule has 0 unspecified atom stereocenters. The normalized spacial score (nSPS) is 12.0. The minimum atomic E-state index is -0.278. The van der Waals surface area contributed by atoms with Crippen molar-refractivity contribution in [3.63, 3.8) is 0 Å². The van der Waals surface area contributed by atoms with Crippen LogP contribution in [0.2, 0.25) is 0 Å². The number of carbonyl (C=O) groups is 1. The summed E-state index contributed by atoms with van der Waals surface area (Å²) in [6, 6.07) is 16.3. The Labute approximate surface area is 126 Å². The van der Waals surface area contributed by atoms with Gasteiger partial charge in [0.25, 0.3) is 0 Å². The molecular formula is C19H22O2. The van der Waals surface area contributed by atoms with Gasteiger partial charge in [0.05, 0.1) is 12.7 Å². The number of methoxy groups -OCH3 is 1. The van der Waals surface area contributed by atoms with Crippen molar-refractivity contribution in [1.82, 2.24) is 0 Å². The molecule has 0 aliphatic carbocycles. The third-order valence-electron chi connectivity index (χ3n) is 3.85. The van der Waals surface area contributed by atoms with E-state index < -0.39 is 0 Å². The number of hydrogen-bond acceptors (Lipinski definition) is 2. The highest BCUT2D eigenvalue weighted by atomic mass is 16.5. The summed E-state index contributed by atoms with van der Waals surface area (Å²) >= 11 is 0. The molecule has 2 nitrogen and oxygen atoms in total. The average Bonchev–Trinajstić information content (AvgIpc) is 2.55. The van der Waals surface area contributed by atoms with E-state index in [4.69, 9.17) is 4.74 Å². The summed E-state index contributed by atoms with van der Waals surface area (Å²) < 4.78 is 4.84. The van der Waals surface area contributed by atoms with Gasteiger partial charge in [-0.1, -0.05) is 56.7 Å². The van der Waals surface area contributed by atoms with Gasteiger partial charge in [-0.2, -0.15) is 0 Å². The van der Waals surface area contributed by atoms with Crippen LogP contribution in [0, 0.1) is 0 Å². The van der Waals surface area contributed by atoms with E-state index in [-0.39, 0.29) is 11.9 Å². The summed E-state index contributed by atoms with van der Waals surface area (Å²) in [7, 11) is 1.42. The second-order valence-electron chi connectivity index (χ2n) is 5.29. The summed E-state index contributed by atoms with van der Waals surface area (Å²) in [5, 5.41) is 0. The third kappa shape index (κ3) is 3.52. The molecule has 21 heavy (non-hydrogen) atoms. The molecule has 2 heteroatoms. The second-order valence-corrected chi connectivity index (χ2v) is 5.29. The van der Waals surface area contributed by atoms with E-state index in [0.29, 0.717) is 5.56 Å². The Morgan fingerprint density at radius 1 is 1.14 bits per heavy atom. The summed E-state index contributed by atoms with van der Waals surface area (Å²) in [6.45, 7) is 4.36. The highest BCUT2D eigenvalue weighted by molar-refractivity contribution is 5.89. The molecule has 0 bridgehead atoms. The maximum Gasteiger partial charge on any atom is 0.337 e. The number of aryl methyl sites for hydroxylation is 1. The van der Waals surface area contributed by atoms with Crippen molar-refractivity contribution >= 4 is 5.97 Å². The van der Waals surface area contributed by atoms with Crippen LogP contribution in [-0.2, 0) is 11.2 Å². The summed E-state index contributed by atoms with van der Waals surface area (Å²) in [5.74, 6) is -0.0167. The van der Waals surface area contributed by atoms with Crippen molar-refractivity contribution < 1.29 is 9.53 Å². The molecule has 0 saturated carbocycles. The lowest BCUT2D eigenvalue weighted by Gasteiger charge is -2.18. The molecule has 0 amide bonds. The fourth-order valence-electron chi connectivity index (χ4n) is 2.66. The summed E-state index contributed by atoms with van der Waals surface area (Å²) in [5.41, 5.74) is 4.40. The van der Waals surface area contributed by atoms with E-state index >= 15 is 0 Å². The molecule has 2 rings (SSSR count). The van der Waals surface area contributed by atoms with Crippen molar-refractivity contribution in [2.45, 2.75) is 32.6 Å². The second kappa shape index (κ2) is 7.07. The van der Waals surface area contributed by atoms with Crippen molar-refractivity contribution in [1.29, 1.82) is 0 Å². The molecule has 0 aromatic heterocycles. The van der Waals surface area contributed by atoms with Crippen LogP contribution in [0.3, 0.4) is 0 Å². The molecule has 0 fully saturated rings. The van der Waals surface area contributed by atoms with Crippen molar-refractivity contribution in [3.05, 3.63) is 70.8 Å². The van der Waals surface area contributed by atoms with Gasteiger partial charge in [-0.05, 0) is 35.2 Å². The summed E-state index contributed by atoms with van der Waals surface area (Å²) in [6.07, 6.45) is 2.11. The van der Waals surface area contributed by atoms with Gasteiger partial charge < -0.3 is 4.74 Å². The maximum absolute atomic E-state index is 11.8. The first kappa shape index (κ1) is 15.3. The summed E-state index contributed by atoms with van der Waals surface area (Å²) in [4.78, 5) is 11.8. The van der Waals surface area contributed by atoms with E-state index in [1.807, 2.05) is 18.2 Å². The molecule has 2 aromatic carbocycles. The minimum Gasteiger partial charge on any atom is -0.465 e. The van der Waals surface area contributed by atoms with Gasteiger partial charge in [0, 0.05) is 5.92 Å². The van der Waals surface area contributed by atoms with E-state index in [1.165, 1.54) is 23.8 Å². The Morgan fingerprint density at radius 2 is 1.86 bits per heavy atom. The standard InChI is InChI=1S/C19H22O2/c1-4-8-16-11-12-17(19(20)21-3)13-18(16)14(2)15-9-6-5-7-10-15/h5-7,9-14H,4,8H2,1-3H3/t14-/m1/s1. The molecular weight excluding hydrogens is 260 g/mol. The molecule has 2 aromatic rings. The van der Waals surface area contributed by atoms with E-state index in [1.54, 1.807) is 0 Å². The SMILES string of the molecule is CCCc1ccc(C(=O)OC)cc1[C@H](C)c1ccccc1. The Hall–Kier alpha value is -2.09. The molecule has 0 spiro atoms. The monoisotopic (exact) mass is 282 g/mol. The number of rotatable bonds is 5. The lowest BCUT2D eigenvalue weighted by Crippen LogP contribution is -2.07. The molecule has 0 aliphatic rings. The molecule has 0 heterocycles. The van der Waals surface area contributed by atoms with Crippen LogP contribution >= 0.6 is 0 Å². The number of ether oxygens (including phenoxy) is 1. The highest BCUT2D eigenvalue weighted by Gasteiger charge is 2.15. The first-order chi connectivity index (χ1) is 10.2. The van der Waals surface area contributed by atoms with Crippen molar-refractivity contribution in [2.75, 3.05) is 7.11 Å². The fourth-order valence-corrected chi connectivity index (χ4v) is 2.66. The predicted molar refractivity (Wildman–Crippen MR) is 85.7 cm³/mol. The van der Waals surface area contributed by atoms with Crippen LogP contribution in [0.25, 0.3) is 0 Å². The average molecular weight is 282 g/mol. The first-order valence-electron chi connectivity index (χ1n) is 7.43. The van der Waals surface area contributed by atoms with Crippen LogP contribution in [0.15, 0.2) is 48.5 Å². The zero-order valence-corrected chi connectivity index (χ0v) is 12.9.